The quantitative estimate of drug-likeness (QED) is 0.366. The molecule has 0 radical (unpaired) electrons. The number of ether oxygens (including phenoxy) is 1. The molecule has 1 aromatic heterocycles. The third kappa shape index (κ3) is 3.57. The molecule has 0 saturated heterocycles. The van der Waals surface area contributed by atoms with Crippen LogP contribution in [0, 0.1) is 5.82 Å². The Morgan fingerprint density at radius 1 is 1.24 bits per heavy atom. The van der Waals surface area contributed by atoms with Crippen molar-refractivity contribution in [1.29, 1.82) is 0 Å². The van der Waals surface area contributed by atoms with Crippen molar-refractivity contribution in [2.75, 3.05) is 11.5 Å². The molecule has 2 aromatic rings. The van der Waals surface area contributed by atoms with Gasteiger partial charge in [-0.2, -0.15) is 0 Å². The molecule has 1 fully saturated rings. The van der Waals surface area contributed by atoms with Crippen molar-refractivity contribution in [3.63, 3.8) is 0 Å². The summed E-state index contributed by atoms with van der Waals surface area (Å²) in [5, 5.41) is 0.328. The summed E-state index contributed by atoms with van der Waals surface area (Å²) in [6, 6.07) is 3.20. The first-order valence-electron chi connectivity index (χ1n) is 12.0. The smallest absolute Gasteiger partial charge is 0.243 e. The molecule has 182 valence electrons. The van der Waals surface area contributed by atoms with Crippen molar-refractivity contribution in [3.05, 3.63) is 40.1 Å². The first-order valence-corrected chi connectivity index (χ1v) is 15.2. The minimum Gasteiger partial charge on any atom is -0.490 e. The minimum atomic E-state index is -2.04. The highest BCUT2D eigenvalue weighted by atomic mass is 35.5. The van der Waals surface area contributed by atoms with Gasteiger partial charge in [-0.05, 0) is 37.0 Å². The van der Waals surface area contributed by atoms with Gasteiger partial charge in [-0.25, -0.2) is 14.4 Å². The van der Waals surface area contributed by atoms with Crippen LogP contribution in [0.2, 0.25) is 23.3 Å². The number of fused-ring (bicyclic) bond motifs is 3. The maximum absolute atomic E-state index is 14.9. The molecule has 5 rings (SSSR count). The van der Waals surface area contributed by atoms with Crippen LogP contribution in [0.25, 0.3) is 0 Å². The highest BCUT2D eigenvalue weighted by Crippen LogP contribution is 2.55. The van der Waals surface area contributed by atoms with Gasteiger partial charge in [0.25, 0.3) is 0 Å². The summed E-state index contributed by atoms with van der Waals surface area (Å²) in [4.78, 5) is 24.8. The van der Waals surface area contributed by atoms with E-state index in [1.165, 1.54) is 6.07 Å². The number of hydrogen-bond donors (Lipinski definition) is 0. The van der Waals surface area contributed by atoms with Crippen molar-refractivity contribution in [2.45, 2.75) is 83.0 Å². The van der Waals surface area contributed by atoms with Gasteiger partial charge in [0.05, 0.1) is 24.3 Å². The molecule has 2 aliphatic heterocycles. The van der Waals surface area contributed by atoms with Gasteiger partial charge in [0.1, 0.15) is 11.0 Å². The number of carbonyl (C=O) groups excluding carboxylic acids is 1. The molecular weight excluding hydrogens is 473 g/mol. The number of carbonyl (C=O) groups is 1. The molecule has 9 heteroatoms. The number of rotatable bonds is 4. The second kappa shape index (κ2) is 8.00. The van der Waals surface area contributed by atoms with E-state index in [0.29, 0.717) is 53.9 Å². The summed E-state index contributed by atoms with van der Waals surface area (Å²) in [6.07, 6.45) is 3.84. The predicted molar refractivity (Wildman–Crippen MR) is 132 cm³/mol. The van der Waals surface area contributed by atoms with Gasteiger partial charge in [0.15, 0.2) is 25.7 Å². The van der Waals surface area contributed by atoms with Crippen LogP contribution in [0.1, 0.15) is 63.4 Å². The third-order valence-electron chi connectivity index (χ3n) is 8.00. The first kappa shape index (κ1) is 23.7. The number of benzene rings is 1. The zero-order valence-corrected chi connectivity index (χ0v) is 22.2. The largest absolute Gasteiger partial charge is 0.490 e. The van der Waals surface area contributed by atoms with Crippen LogP contribution in [0.3, 0.4) is 0 Å². The molecule has 3 aliphatic rings. The van der Waals surface area contributed by atoms with E-state index in [-0.39, 0.29) is 23.3 Å². The van der Waals surface area contributed by atoms with Gasteiger partial charge >= 0.3 is 0 Å². The second-order valence-corrected chi connectivity index (χ2v) is 16.3. The van der Waals surface area contributed by atoms with E-state index in [9.17, 15) is 9.18 Å². The molecule has 6 nitrogen and oxygen atoms in total. The Bertz CT molecular complexity index is 1170. The molecule has 34 heavy (non-hydrogen) atoms. The van der Waals surface area contributed by atoms with E-state index in [4.69, 9.17) is 25.7 Å². The molecule has 1 spiro atoms. The monoisotopic (exact) mass is 503 g/mol. The summed E-state index contributed by atoms with van der Waals surface area (Å²) in [5.74, 6) is 0.603. The van der Waals surface area contributed by atoms with Gasteiger partial charge in [-0.15, -0.1) is 0 Å². The van der Waals surface area contributed by atoms with Crippen molar-refractivity contribution in [1.82, 2.24) is 9.97 Å². The summed E-state index contributed by atoms with van der Waals surface area (Å²) >= 11 is 6.76. The zero-order valence-electron chi connectivity index (χ0n) is 20.4. The van der Waals surface area contributed by atoms with Crippen molar-refractivity contribution >= 4 is 37.3 Å². The fraction of sp³-hybridized carbons (Fsp3) is 0.560. The van der Waals surface area contributed by atoms with Crippen LogP contribution in [0.5, 0.6) is 5.75 Å². The first-order chi connectivity index (χ1) is 15.9. The fourth-order valence-corrected chi connectivity index (χ4v) is 6.32. The number of halogens is 2. The maximum atomic E-state index is 14.9. The van der Waals surface area contributed by atoms with Crippen molar-refractivity contribution in [2.24, 2.45) is 0 Å². The molecule has 1 aromatic carbocycles. The SMILES string of the molecule is CC(C)(C)[Si](C)(C)OCc1nc(Cl)c2c(n1)N(c1cc(F)c3c(c1)CCO3)C(=O)C21CCCC1. The Morgan fingerprint density at radius 2 is 1.94 bits per heavy atom. The van der Waals surface area contributed by atoms with Crippen molar-refractivity contribution < 1.29 is 18.3 Å². The lowest BCUT2D eigenvalue weighted by atomic mass is 9.81. The summed E-state index contributed by atoms with van der Waals surface area (Å²) in [6.45, 7) is 11.5. The second-order valence-electron chi connectivity index (χ2n) is 11.1. The Hall–Kier alpha value is -2.03. The lowest BCUT2D eigenvalue weighted by Crippen LogP contribution is -2.40. The summed E-state index contributed by atoms with van der Waals surface area (Å²) < 4.78 is 26.6. The Kier molecular flexibility index (Phi) is 5.57. The normalized spacial score (nSPS) is 19.0. The van der Waals surface area contributed by atoms with E-state index in [2.05, 4.69) is 38.8 Å². The van der Waals surface area contributed by atoms with Crippen molar-refractivity contribution in [3.8, 4) is 5.75 Å². The Labute approximate surface area is 206 Å². The molecule has 1 saturated carbocycles. The third-order valence-corrected chi connectivity index (χ3v) is 12.8. The van der Waals surface area contributed by atoms with Gasteiger partial charge in [0, 0.05) is 23.6 Å². The van der Waals surface area contributed by atoms with Crippen LogP contribution in [-0.2, 0) is 27.7 Å². The van der Waals surface area contributed by atoms with E-state index >= 15 is 0 Å². The number of anilines is 2. The molecule has 0 N–H and O–H groups in total. The molecule has 0 unspecified atom stereocenters. The number of amides is 1. The van der Waals surface area contributed by atoms with Crippen LogP contribution >= 0.6 is 11.6 Å². The fourth-order valence-electron chi connectivity index (χ4n) is 5.04. The van der Waals surface area contributed by atoms with Gasteiger partial charge in [0.2, 0.25) is 5.91 Å². The Morgan fingerprint density at radius 3 is 2.62 bits per heavy atom. The number of aromatic nitrogens is 2. The predicted octanol–water partition coefficient (Wildman–Crippen LogP) is 6.22. The Balaban J connectivity index is 1.60. The highest BCUT2D eigenvalue weighted by Gasteiger charge is 2.55. The molecule has 3 heterocycles. The number of hydrogen-bond acceptors (Lipinski definition) is 5. The van der Waals surface area contributed by atoms with Crippen LogP contribution in [0.4, 0.5) is 15.9 Å². The lowest BCUT2D eigenvalue weighted by molar-refractivity contribution is -0.122. The van der Waals surface area contributed by atoms with Gasteiger partial charge < -0.3 is 9.16 Å². The topological polar surface area (TPSA) is 64.6 Å². The molecule has 1 amide bonds. The zero-order chi connectivity index (χ0) is 24.5. The van der Waals surface area contributed by atoms with E-state index < -0.39 is 19.5 Å². The molecule has 0 atom stereocenters. The molecule has 1 aliphatic carbocycles. The average Bonchev–Trinajstić information content (AvgIpc) is 3.46. The molecular formula is C25H31ClFN3O3Si. The minimum absolute atomic E-state index is 0.0352. The van der Waals surface area contributed by atoms with Crippen LogP contribution < -0.4 is 9.64 Å². The summed E-state index contributed by atoms with van der Waals surface area (Å²) in [7, 11) is -2.04. The van der Waals surface area contributed by atoms with E-state index in [0.717, 1.165) is 18.4 Å². The average molecular weight is 504 g/mol. The molecule has 0 bridgehead atoms. The number of nitrogens with zero attached hydrogens (tertiary/aromatic N) is 3. The summed E-state index contributed by atoms with van der Waals surface area (Å²) in [5.41, 5.74) is 1.14. The van der Waals surface area contributed by atoms with E-state index in [1.54, 1.807) is 4.90 Å². The van der Waals surface area contributed by atoms with Gasteiger partial charge in [-0.1, -0.05) is 45.2 Å². The highest BCUT2D eigenvalue weighted by molar-refractivity contribution is 6.74. The maximum Gasteiger partial charge on any atom is 0.243 e. The van der Waals surface area contributed by atoms with Gasteiger partial charge in [-0.3, -0.25) is 9.69 Å². The van der Waals surface area contributed by atoms with Crippen LogP contribution in [-0.4, -0.2) is 30.8 Å². The van der Waals surface area contributed by atoms with E-state index in [1.807, 2.05) is 6.07 Å². The standard InChI is InChI=1S/C25H31ClFN3O3Si/c1-24(2,3)34(4,5)33-14-18-28-21(26)19-22(29-18)30(23(31)25(19)9-6-7-10-25)16-12-15-8-11-32-20(15)17(27)13-16/h12-13H,6-11,14H2,1-5H3. The lowest BCUT2D eigenvalue weighted by Gasteiger charge is -2.35. The van der Waals surface area contributed by atoms with Crippen LogP contribution in [0.15, 0.2) is 12.1 Å².